The highest BCUT2D eigenvalue weighted by Crippen LogP contribution is 2.47. The number of hydrogen-bond acceptors (Lipinski definition) is 3. The fourth-order valence-electron chi connectivity index (χ4n) is 8.32. The quantitative estimate of drug-likeness (QED) is 0.170. The molecule has 0 bridgehead atoms. The molecule has 0 amide bonds. The van der Waals surface area contributed by atoms with E-state index in [1.54, 1.807) is 0 Å². The lowest BCUT2D eigenvalue weighted by atomic mass is 9.92. The molecule has 0 fully saturated rings. The Hall–Kier alpha value is -6.94. The minimum atomic E-state index is 0.900. The average Bonchev–Trinajstić information content (AvgIpc) is 3.84. The fraction of sp³-hybridized carbons (Fsp3) is 0. The van der Waals surface area contributed by atoms with Crippen LogP contribution in [0.3, 0.4) is 0 Å². The summed E-state index contributed by atoms with van der Waals surface area (Å²) in [7, 11) is 0. The van der Waals surface area contributed by atoms with E-state index in [1.165, 1.54) is 42.1 Å². The molecule has 0 atom stereocenters. The zero-order valence-corrected chi connectivity index (χ0v) is 30.6. The molecule has 0 N–H and O–H groups in total. The highest BCUT2D eigenvalue weighted by atomic mass is 32.1. The molecule has 0 spiro atoms. The predicted molar refractivity (Wildman–Crippen MR) is 235 cm³/mol. The van der Waals surface area contributed by atoms with Crippen molar-refractivity contribution in [3.8, 4) is 33.4 Å². The summed E-state index contributed by atoms with van der Waals surface area (Å²) in [5.74, 6) is 0. The first kappa shape index (κ1) is 31.6. The van der Waals surface area contributed by atoms with Crippen LogP contribution in [0, 0.1) is 0 Å². The van der Waals surface area contributed by atoms with Crippen LogP contribution in [0.1, 0.15) is 0 Å². The van der Waals surface area contributed by atoms with E-state index < -0.39 is 0 Å². The SMILES string of the molecule is c1ccc(-c2cc(N(c3ccc(-c4cccc5ccccc45)cc3)c3cccc4c3sc3ccccc34)ccc2-c2cccc3c2oc2ccccc23)cc1. The molecular weight excluding hydrogens is 687 g/mol. The molecule has 2 aromatic heterocycles. The van der Waals surface area contributed by atoms with E-state index in [4.69, 9.17) is 4.42 Å². The number of rotatable bonds is 6. The molecular formula is C52H33NOS. The number of para-hydroxylation sites is 2. The van der Waals surface area contributed by atoms with Crippen LogP contribution in [0.4, 0.5) is 17.1 Å². The Morgan fingerprint density at radius 3 is 1.91 bits per heavy atom. The van der Waals surface area contributed by atoms with Gasteiger partial charge in [0, 0.05) is 43.2 Å². The van der Waals surface area contributed by atoms with Crippen LogP contribution in [-0.2, 0) is 0 Å². The number of nitrogens with zero attached hydrogens (tertiary/aromatic N) is 1. The second-order valence-electron chi connectivity index (χ2n) is 14.0. The molecule has 9 aromatic carbocycles. The molecule has 2 nitrogen and oxygen atoms in total. The molecule has 0 aliphatic heterocycles. The Morgan fingerprint density at radius 1 is 0.382 bits per heavy atom. The molecule has 55 heavy (non-hydrogen) atoms. The lowest BCUT2D eigenvalue weighted by Crippen LogP contribution is -2.10. The van der Waals surface area contributed by atoms with Crippen LogP contribution < -0.4 is 4.90 Å². The van der Waals surface area contributed by atoms with Crippen LogP contribution in [0.5, 0.6) is 0 Å². The van der Waals surface area contributed by atoms with Gasteiger partial charge in [0.1, 0.15) is 11.2 Å². The third-order valence-electron chi connectivity index (χ3n) is 10.9. The van der Waals surface area contributed by atoms with Gasteiger partial charge in [0.25, 0.3) is 0 Å². The lowest BCUT2D eigenvalue weighted by molar-refractivity contribution is 0.670. The molecule has 0 saturated carbocycles. The minimum absolute atomic E-state index is 0.900. The number of benzene rings is 9. The molecule has 0 unspecified atom stereocenters. The van der Waals surface area contributed by atoms with Gasteiger partial charge in [-0.2, -0.15) is 0 Å². The first-order valence-electron chi connectivity index (χ1n) is 18.7. The zero-order valence-electron chi connectivity index (χ0n) is 29.8. The topological polar surface area (TPSA) is 16.4 Å². The van der Waals surface area contributed by atoms with Crippen LogP contribution >= 0.6 is 11.3 Å². The van der Waals surface area contributed by atoms with E-state index in [2.05, 4.69) is 199 Å². The summed E-state index contributed by atoms with van der Waals surface area (Å²) in [4.78, 5) is 2.43. The van der Waals surface area contributed by atoms with Gasteiger partial charge >= 0.3 is 0 Å². The second-order valence-corrected chi connectivity index (χ2v) is 15.1. The van der Waals surface area contributed by atoms with E-state index in [0.717, 1.165) is 61.3 Å². The lowest BCUT2D eigenvalue weighted by Gasteiger charge is -2.27. The highest BCUT2D eigenvalue weighted by molar-refractivity contribution is 7.26. The van der Waals surface area contributed by atoms with Crippen molar-refractivity contribution in [3.05, 3.63) is 200 Å². The average molecular weight is 720 g/mol. The summed E-state index contributed by atoms with van der Waals surface area (Å²) in [5.41, 5.74) is 12.1. The van der Waals surface area contributed by atoms with Crippen LogP contribution in [0.15, 0.2) is 205 Å². The van der Waals surface area contributed by atoms with E-state index in [0.29, 0.717) is 0 Å². The number of anilines is 3. The van der Waals surface area contributed by atoms with Crippen molar-refractivity contribution in [1.82, 2.24) is 0 Å². The third kappa shape index (κ3) is 5.24. The summed E-state index contributed by atoms with van der Waals surface area (Å²) < 4.78 is 9.14. The fourth-order valence-corrected chi connectivity index (χ4v) is 9.53. The minimum Gasteiger partial charge on any atom is -0.455 e. The molecule has 0 radical (unpaired) electrons. The maximum Gasteiger partial charge on any atom is 0.143 e. The van der Waals surface area contributed by atoms with Crippen molar-refractivity contribution in [2.75, 3.05) is 4.90 Å². The van der Waals surface area contributed by atoms with Crippen molar-refractivity contribution >= 4 is 81.3 Å². The van der Waals surface area contributed by atoms with Gasteiger partial charge in [0.15, 0.2) is 0 Å². The monoisotopic (exact) mass is 719 g/mol. The predicted octanol–water partition coefficient (Wildman–Crippen LogP) is 15.6. The molecule has 11 aromatic rings. The highest BCUT2D eigenvalue weighted by Gasteiger charge is 2.22. The molecule has 258 valence electrons. The number of thiophene rings is 1. The van der Waals surface area contributed by atoms with Crippen LogP contribution in [-0.4, -0.2) is 0 Å². The summed E-state index contributed by atoms with van der Waals surface area (Å²) >= 11 is 1.86. The Balaban J connectivity index is 1.14. The first-order valence-corrected chi connectivity index (χ1v) is 19.5. The van der Waals surface area contributed by atoms with E-state index in [1.807, 2.05) is 17.4 Å². The van der Waals surface area contributed by atoms with Gasteiger partial charge in [0.05, 0.1) is 10.4 Å². The molecule has 0 aliphatic rings. The normalized spacial score (nSPS) is 11.6. The molecule has 0 saturated heterocycles. The van der Waals surface area contributed by atoms with Crippen molar-refractivity contribution in [3.63, 3.8) is 0 Å². The third-order valence-corrected chi connectivity index (χ3v) is 12.1. The number of furan rings is 1. The maximum absolute atomic E-state index is 6.59. The number of hydrogen-bond donors (Lipinski definition) is 0. The van der Waals surface area contributed by atoms with E-state index in [-0.39, 0.29) is 0 Å². The van der Waals surface area contributed by atoms with Crippen LogP contribution in [0.2, 0.25) is 0 Å². The van der Waals surface area contributed by atoms with Crippen molar-refractivity contribution < 1.29 is 4.42 Å². The summed E-state index contributed by atoms with van der Waals surface area (Å²) in [6.07, 6.45) is 0. The first-order chi connectivity index (χ1) is 27.3. The van der Waals surface area contributed by atoms with Gasteiger partial charge in [-0.1, -0.05) is 158 Å². The van der Waals surface area contributed by atoms with Gasteiger partial charge in [0.2, 0.25) is 0 Å². The standard InChI is InChI=1S/C52H33NOS/c1-2-13-35(14-3-1)47-33-38(31-32-41(47)44-21-11-22-45-42-18-6-8-25-49(42)54-51(44)45)53(48-24-12-23-46-43-19-7-9-26-50(43)55-52(46)48)37-29-27-36(28-30-37)40-20-10-16-34-15-4-5-17-39(34)40/h1-33H. The smallest absolute Gasteiger partial charge is 0.143 e. The summed E-state index contributed by atoms with van der Waals surface area (Å²) in [6.45, 7) is 0. The summed E-state index contributed by atoms with van der Waals surface area (Å²) in [5, 5.41) is 7.32. The van der Waals surface area contributed by atoms with Crippen molar-refractivity contribution in [1.29, 1.82) is 0 Å². The second kappa shape index (κ2) is 12.9. The summed E-state index contributed by atoms with van der Waals surface area (Å²) in [6, 6.07) is 72.2. The Morgan fingerprint density at radius 2 is 1.02 bits per heavy atom. The van der Waals surface area contributed by atoms with E-state index in [9.17, 15) is 0 Å². The van der Waals surface area contributed by atoms with Gasteiger partial charge < -0.3 is 9.32 Å². The molecule has 2 heterocycles. The maximum atomic E-state index is 6.59. The van der Waals surface area contributed by atoms with E-state index >= 15 is 0 Å². The van der Waals surface area contributed by atoms with Crippen molar-refractivity contribution in [2.45, 2.75) is 0 Å². The van der Waals surface area contributed by atoms with Gasteiger partial charge in [-0.05, 0) is 81.1 Å². The zero-order chi connectivity index (χ0) is 36.3. The van der Waals surface area contributed by atoms with Gasteiger partial charge in [-0.25, -0.2) is 0 Å². The molecule has 0 aliphatic carbocycles. The molecule has 11 rings (SSSR count). The van der Waals surface area contributed by atoms with Crippen LogP contribution in [0.25, 0.3) is 86.3 Å². The number of fused-ring (bicyclic) bond motifs is 7. The van der Waals surface area contributed by atoms with Gasteiger partial charge in [-0.3, -0.25) is 0 Å². The Labute approximate surface area is 322 Å². The Kier molecular flexibility index (Phi) is 7.39. The van der Waals surface area contributed by atoms with Gasteiger partial charge in [-0.15, -0.1) is 11.3 Å². The largest absolute Gasteiger partial charge is 0.455 e. The Bertz CT molecular complexity index is 3200. The van der Waals surface area contributed by atoms with Crippen molar-refractivity contribution in [2.24, 2.45) is 0 Å². The molecule has 3 heteroatoms.